The fourth-order valence-electron chi connectivity index (χ4n) is 9.60. The van der Waals surface area contributed by atoms with Crippen molar-refractivity contribution < 1.29 is 42.9 Å². The van der Waals surface area contributed by atoms with Crippen LogP contribution in [0.1, 0.15) is 284 Å². The van der Waals surface area contributed by atoms with Crippen LogP contribution in [-0.2, 0) is 33.3 Å². The highest BCUT2D eigenvalue weighted by molar-refractivity contribution is 5.71. The van der Waals surface area contributed by atoms with Crippen molar-refractivity contribution in [2.45, 2.75) is 296 Å². The summed E-state index contributed by atoms with van der Waals surface area (Å²) in [7, 11) is 5.97. The van der Waals surface area contributed by atoms with Gasteiger partial charge < -0.3 is 28.5 Å². The van der Waals surface area contributed by atoms with Crippen molar-refractivity contribution in [3.8, 4) is 0 Å². The molecule has 0 fully saturated rings. The maximum atomic E-state index is 13.0. The van der Waals surface area contributed by atoms with E-state index in [1.165, 1.54) is 135 Å². The number of carbonyl (C=O) groups is 3. The summed E-state index contributed by atoms with van der Waals surface area (Å²) in [5, 5.41) is 9.75. The zero-order valence-electron chi connectivity index (χ0n) is 57.8. The number of quaternary nitrogens is 1. The average molecular weight is 1240 g/mol. The lowest BCUT2D eigenvalue weighted by atomic mass is 10.0. The van der Waals surface area contributed by atoms with Crippen molar-refractivity contribution in [1.82, 2.24) is 0 Å². The first-order valence-electron chi connectivity index (χ1n) is 36.0. The number of allylic oxidation sites excluding steroid dienone is 24. The van der Waals surface area contributed by atoms with Gasteiger partial charge in [-0.3, -0.25) is 9.59 Å². The molecular weight excluding hydrogens is 1100 g/mol. The van der Waals surface area contributed by atoms with E-state index in [2.05, 4.69) is 160 Å². The number of aliphatic carboxylic acids is 1. The minimum atomic E-state index is -1.52. The highest BCUT2D eigenvalue weighted by Gasteiger charge is 2.25. The third-order valence-corrected chi connectivity index (χ3v) is 15.1. The number of nitrogens with zero attached hydrogens (tertiary/aromatic N) is 1. The molecule has 0 aliphatic rings. The van der Waals surface area contributed by atoms with E-state index < -0.39 is 24.3 Å². The van der Waals surface area contributed by atoms with Gasteiger partial charge in [0.25, 0.3) is 6.29 Å². The number of unbranched alkanes of at least 4 members (excludes halogenated alkanes) is 26. The van der Waals surface area contributed by atoms with Crippen LogP contribution in [-0.4, -0.2) is 87.4 Å². The van der Waals surface area contributed by atoms with Crippen molar-refractivity contribution in [3.63, 3.8) is 0 Å². The molecule has 0 amide bonds. The van der Waals surface area contributed by atoms with Gasteiger partial charge in [-0.15, -0.1) is 0 Å². The fraction of sp³-hybridized carbons (Fsp3) is 0.662. The van der Waals surface area contributed by atoms with Crippen molar-refractivity contribution in [1.29, 1.82) is 0 Å². The van der Waals surface area contributed by atoms with Crippen LogP contribution in [0.2, 0.25) is 0 Å². The molecule has 0 aliphatic heterocycles. The molecule has 9 nitrogen and oxygen atoms in total. The third kappa shape index (κ3) is 70.5. The zero-order valence-corrected chi connectivity index (χ0v) is 57.8. The molecule has 0 aromatic carbocycles. The van der Waals surface area contributed by atoms with E-state index in [0.717, 1.165) is 116 Å². The maximum Gasteiger partial charge on any atom is 0.361 e. The molecule has 0 aromatic heterocycles. The number of hydrogen-bond acceptors (Lipinski definition) is 7. The SMILES string of the molecule is CC/C=C\C/C=C\C/C=C\C/C=C\C/C=C\C/C=C\C/C=C\C/C=C\C/C=C\CCCCCCCCCC(=O)OC(COC(=O)CCCCCCCCCCCCCCCC/C=C\C/C=C\C/C=C\CCCCCCC)COC(OCC[N+](C)(C)C)C(=O)O. The molecule has 0 radical (unpaired) electrons. The Kier molecular flexibility index (Phi) is 65.3. The Morgan fingerprint density at radius 1 is 0.348 bits per heavy atom. The average Bonchev–Trinajstić information content (AvgIpc) is 3.64. The Morgan fingerprint density at radius 3 is 0.955 bits per heavy atom. The molecule has 0 saturated carbocycles. The van der Waals surface area contributed by atoms with Crippen LogP contribution in [0.15, 0.2) is 146 Å². The van der Waals surface area contributed by atoms with Gasteiger partial charge >= 0.3 is 17.9 Å². The molecule has 0 saturated heterocycles. The Morgan fingerprint density at radius 2 is 0.640 bits per heavy atom. The van der Waals surface area contributed by atoms with Gasteiger partial charge in [0.2, 0.25) is 0 Å². The minimum Gasteiger partial charge on any atom is -0.477 e. The van der Waals surface area contributed by atoms with E-state index >= 15 is 0 Å². The summed E-state index contributed by atoms with van der Waals surface area (Å²) >= 11 is 0. The Bertz CT molecular complexity index is 1970. The van der Waals surface area contributed by atoms with Crippen LogP contribution in [0.4, 0.5) is 0 Å². The quantitative estimate of drug-likeness (QED) is 0.0211. The van der Waals surface area contributed by atoms with Gasteiger partial charge in [-0.1, -0.05) is 295 Å². The van der Waals surface area contributed by atoms with Gasteiger partial charge in [0.05, 0.1) is 34.4 Å². The summed E-state index contributed by atoms with van der Waals surface area (Å²) in [5.41, 5.74) is 0. The van der Waals surface area contributed by atoms with Crippen LogP contribution in [0.3, 0.4) is 0 Å². The molecule has 0 bridgehead atoms. The van der Waals surface area contributed by atoms with Gasteiger partial charge in [-0.2, -0.15) is 0 Å². The fourth-order valence-corrected chi connectivity index (χ4v) is 9.60. The van der Waals surface area contributed by atoms with E-state index in [-0.39, 0.29) is 32.2 Å². The van der Waals surface area contributed by atoms with E-state index in [4.69, 9.17) is 18.9 Å². The largest absolute Gasteiger partial charge is 0.477 e. The first-order valence-corrected chi connectivity index (χ1v) is 36.0. The molecule has 89 heavy (non-hydrogen) atoms. The predicted molar refractivity (Wildman–Crippen MR) is 382 cm³/mol. The zero-order chi connectivity index (χ0) is 64.7. The standard InChI is InChI=1S/C80H133NO8/c1-6-8-10-12-14-16-18-20-22-24-26-28-30-32-34-36-37-38-39-40-41-43-45-47-49-51-53-55-57-59-61-63-65-67-69-71-78(83)89-76(75-88-80(79(84)85)86-73-72-81(3,4)5)74-87-77(82)70-68-66-64-62-60-58-56-54-52-50-48-46-44-42-35-33-31-29-27-25-23-21-19-17-15-13-11-9-7-2/h8,10,14,16,19-22,25-28,31-34,37-38,40-41,45,47,51,53,76,80H,6-7,9,11-13,15,17-18,23-24,29-30,35-36,39,42-44,46,48-50,52,54-75H2,1-5H3/p+1/b10-8-,16-14-,21-19-,22-20-,27-25-,28-26-,33-31-,34-32-,38-37-,41-40-,47-45-,53-51-. The van der Waals surface area contributed by atoms with Gasteiger partial charge in [0.1, 0.15) is 13.2 Å². The third-order valence-electron chi connectivity index (χ3n) is 15.1. The van der Waals surface area contributed by atoms with Crippen LogP contribution >= 0.6 is 0 Å². The molecule has 2 unspecified atom stereocenters. The summed E-state index contributed by atoms with van der Waals surface area (Å²) < 4.78 is 23.0. The molecule has 0 spiro atoms. The van der Waals surface area contributed by atoms with Crippen molar-refractivity contribution in [2.24, 2.45) is 0 Å². The lowest BCUT2D eigenvalue weighted by molar-refractivity contribution is -0.870. The van der Waals surface area contributed by atoms with E-state index in [0.29, 0.717) is 23.9 Å². The molecule has 506 valence electrons. The second-order valence-corrected chi connectivity index (χ2v) is 24.8. The lowest BCUT2D eigenvalue weighted by Gasteiger charge is -2.25. The number of hydrogen-bond donors (Lipinski definition) is 1. The van der Waals surface area contributed by atoms with Gasteiger partial charge in [-0.05, 0) is 122 Å². The predicted octanol–water partition coefficient (Wildman–Crippen LogP) is 22.7. The van der Waals surface area contributed by atoms with E-state index in [1.807, 2.05) is 21.1 Å². The molecule has 9 heteroatoms. The maximum absolute atomic E-state index is 13.0. The van der Waals surface area contributed by atoms with Crippen LogP contribution in [0.5, 0.6) is 0 Å². The Labute approximate surface area is 547 Å². The number of carboxylic acid groups (broad SMARTS) is 1. The van der Waals surface area contributed by atoms with Crippen molar-refractivity contribution in [2.75, 3.05) is 47.5 Å². The molecule has 1 N–H and O–H groups in total. The molecular formula is C80H134NO8+. The van der Waals surface area contributed by atoms with Gasteiger partial charge in [0, 0.05) is 12.8 Å². The number of carbonyl (C=O) groups excluding carboxylic acids is 2. The normalized spacial score (nSPS) is 13.6. The number of esters is 2. The number of carboxylic acids is 1. The molecule has 0 rings (SSSR count). The summed E-state index contributed by atoms with van der Waals surface area (Å²) in [4.78, 5) is 37.7. The van der Waals surface area contributed by atoms with E-state index in [9.17, 15) is 19.5 Å². The Hall–Kier alpha value is -4.83. The summed E-state index contributed by atoms with van der Waals surface area (Å²) in [6, 6.07) is 0. The second kappa shape index (κ2) is 69.1. The topological polar surface area (TPSA) is 108 Å². The molecule has 2 atom stereocenters. The number of rotatable bonds is 65. The highest BCUT2D eigenvalue weighted by atomic mass is 16.7. The van der Waals surface area contributed by atoms with Gasteiger partial charge in [-0.25, -0.2) is 4.79 Å². The lowest BCUT2D eigenvalue weighted by Crippen LogP contribution is -2.40. The number of ether oxygens (including phenoxy) is 4. The molecule has 0 aromatic rings. The monoisotopic (exact) mass is 1240 g/mol. The summed E-state index contributed by atoms with van der Waals surface area (Å²) in [6.07, 6.45) is 98.1. The van der Waals surface area contributed by atoms with Crippen LogP contribution in [0, 0.1) is 0 Å². The first kappa shape index (κ1) is 84.2. The van der Waals surface area contributed by atoms with Crippen molar-refractivity contribution in [3.05, 3.63) is 146 Å². The van der Waals surface area contributed by atoms with Crippen LogP contribution < -0.4 is 0 Å². The second-order valence-electron chi connectivity index (χ2n) is 24.8. The molecule has 0 aliphatic carbocycles. The van der Waals surface area contributed by atoms with Gasteiger partial charge in [0.15, 0.2) is 6.10 Å². The summed E-state index contributed by atoms with van der Waals surface area (Å²) in [6.45, 7) is 4.74. The van der Waals surface area contributed by atoms with Crippen molar-refractivity contribution >= 4 is 17.9 Å². The number of likely N-dealkylation sites (N-methyl/N-ethyl adjacent to an activating group) is 1. The Balaban J connectivity index is 4.19. The first-order chi connectivity index (χ1) is 43.6. The smallest absolute Gasteiger partial charge is 0.361 e. The summed E-state index contributed by atoms with van der Waals surface area (Å²) in [5.74, 6) is -2.03. The molecule has 0 heterocycles. The van der Waals surface area contributed by atoms with E-state index in [1.54, 1.807) is 0 Å². The minimum absolute atomic E-state index is 0.178. The van der Waals surface area contributed by atoms with Crippen LogP contribution in [0.25, 0.3) is 0 Å². The highest BCUT2D eigenvalue weighted by Crippen LogP contribution is 2.16.